The fourth-order valence-corrected chi connectivity index (χ4v) is 1.15. The maximum atomic E-state index is 11.9. The maximum absolute atomic E-state index is 11.9. The van der Waals surface area contributed by atoms with E-state index in [0.717, 1.165) is 12.1 Å². The zero-order valence-electron chi connectivity index (χ0n) is 8.35. The first kappa shape index (κ1) is 13.3. The van der Waals surface area contributed by atoms with E-state index in [1.807, 2.05) is 0 Å². The summed E-state index contributed by atoms with van der Waals surface area (Å²) in [4.78, 5) is 0. The summed E-state index contributed by atoms with van der Waals surface area (Å²) in [5.41, 5.74) is -0.0409. The summed E-state index contributed by atoms with van der Waals surface area (Å²) in [5.74, 6) is -0.529. The van der Waals surface area contributed by atoms with Crippen LogP contribution >= 0.6 is 0 Å². The number of nitrogens with zero attached hydrogens (tertiary/aromatic N) is 1. The number of ether oxygens (including phenoxy) is 1. The van der Waals surface area contributed by atoms with Gasteiger partial charge in [-0.2, -0.15) is 5.26 Å². The van der Waals surface area contributed by atoms with Gasteiger partial charge in [0, 0.05) is 0 Å². The van der Waals surface area contributed by atoms with Crippen molar-refractivity contribution < 1.29 is 28.1 Å². The number of aliphatic hydroxyl groups is 2. The minimum atomic E-state index is -4.84. The smallest absolute Gasteiger partial charge is 0.406 e. The average Bonchev–Trinajstić information content (AvgIpc) is 2.25. The van der Waals surface area contributed by atoms with Gasteiger partial charge in [-0.3, -0.25) is 0 Å². The average molecular weight is 247 g/mol. The Balaban J connectivity index is 2.90. The quantitative estimate of drug-likeness (QED) is 0.794. The summed E-state index contributed by atoms with van der Waals surface area (Å²) in [7, 11) is 0. The van der Waals surface area contributed by atoms with E-state index in [0.29, 0.717) is 0 Å². The van der Waals surface area contributed by atoms with Crippen molar-refractivity contribution in [2.24, 2.45) is 0 Å². The SMILES string of the molecule is N#CC(O)C(O)c1cccc(OC(F)(F)F)c1. The molecular weight excluding hydrogens is 239 g/mol. The van der Waals surface area contributed by atoms with Crippen molar-refractivity contribution in [3.8, 4) is 11.8 Å². The van der Waals surface area contributed by atoms with Crippen LogP contribution in [-0.4, -0.2) is 22.7 Å². The van der Waals surface area contributed by atoms with E-state index in [4.69, 9.17) is 10.4 Å². The van der Waals surface area contributed by atoms with Crippen LogP contribution in [0.25, 0.3) is 0 Å². The van der Waals surface area contributed by atoms with Crippen molar-refractivity contribution in [3.63, 3.8) is 0 Å². The molecule has 1 rings (SSSR count). The molecule has 0 aromatic heterocycles. The fourth-order valence-electron chi connectivity index (χ4n) is 1.15. The largest absolute Gasteiger partial charge is 0.573 e. The molecule has 0 aliphatic rings. The zero-order chi connectivity index (χ0) is 13.1. The number of aliphatic hydroxyl groups excluding tert-OH is 2. The van der Waals surface area contributed by atoms with E-state index in [-0.39, 0.29) is 5.56 Å². The molecule has 2 atom stereocenters. The summed E-state index contributed by atoms with van der Waals surface area (Å²) in [6, 6.07) is 5.80. The van der Waals surface area contributed by atoms with Gasteiger partial charge in [-0.15, -0.1) is 13.2 Å². The van der Waals surface area contributed by atoms with Crippen LogP contribution in [0.5, 0.6) is 5.75 Å². The molecule has 0 bridgehead atoms. The number of hydrogen-bond donors (Lipinski definition) is 2. The van der Waals surface area contributed by atoms with Crippen LogP contribution in [0.2, 0.25) is 0 Å². The maximum Gasteiger partial charge on any atom is 0.573 e. The highest BCUT2D eigenvalue weighted by Gasteiger charge is 2.31. The Morgan fingerprint density at radius 2 is 1.94 bits per heavy atom. The minimum Gasteiger partial charge on any atom is -0.406 e. The van der Waals surface area contributed by atoms with Gasteiger partial charge in [0.15, 0.2) is 6.10 Å². The van der Waals surface area contributed by atoms with Gasteiger partial charge in [0.25, 0.3) is 0 Å². The van der Waals surface area contributed by atoms with Crippen molar-refractivity contribution in [3.05, 3.63) is 29.8 Å². The molecule has 7 heteroatoms. The van der Waals surface area contributed by atoms with E-state index in [2.05, 4.69) is 4.74 Å². The van der Waals surface area contributed by atoms with E-state index >= 15 is 0 Å². The zero-order valence-corrected chi connectivity index (χ0v) is 8.35. The number of halogens is 3. The highest BCUT2D eigenvalue weighted by molar-refractivity contribution is 5.31. The van der Waals surface area contributed by atoms with Gasteiger partial charge in [0.1, 0.15) is 11.9 Å². The molecule has 0 fully saturated rings. The molecule has 0 radical (unpaired) electrons. The number of nitriles is 1. The highest BCUT2D eigenvalue weighted by atomic mass is 19.4. The van der Waals surface area contributed by atoms with Crippen LogP contribution in [0.4, 0.5) is 13.2 Å². The summed E-state index contributed by atoms with van der Waals surface area (Å²) in [6.07, 6.45) is -8.13. The summed E-state index contributed by atoms with van der Waals surface area (Å²) < 4.78 is 39.4. The fraction of sp³-hybridized carbons (Fsp3) is 0.300. The second kappa shape index (κ2) is 5.03. The van der Waals surface area contributed by atoms with Crippen molar-refractivity contribution in [2.45, 2.75) is 18.6 Å². The number of alkyl halides is 3. The van der Waals surface area contributed by atoms with Gasteiger partial charge in [0.2, 0.25) is 0 Å². The number of hydrogen-bond acceptors (Lipinski definition) is 4. The number of rotatable bonds is 3. The monoisotopic (exact) mass is 247 g/mol. The lowest BCUT2D eigenvalue weighted by Crippen LogP contribution is -2.18. The van der Waals surface area contributed by atoms with E-state index < -0.39 is 24.3 Å². The van der Waals surface area contributed by atoms with Crippen LogP contribution in [0.15, 0.2) is 24.3 Å². The Bertz CT molecular complexity index is 428. The predicted molar refractivity (Wildman–Crippen MR) is 49.7 cm³/mol. The van der Waals surface area contributed by atoms with Crippen LogP contribution in [0, 0.1) is 11.3 Å². The molecule has 0 amide bonds. The Morgan fingerprint density at radius 3 is 2.47 bits per heavy atom. The molecule has 0 saturated heterocycles. The second-order valence-electron chi connectivity index (χ2n) is 3.14. The normalized spacial score (nSPS) is 14.8. The van der Waals surface area contributed by atoms with Crippen molar-refractivity contribution >= 4 is 0 Å². The predicted octanol–water partition coefficient (Wildman–Crippen LogP) is 1.50. The van der Waals surface area contributed by atoms with E-state index in [9.17, 15) is 18.3 Å². The van der Waals surface area contributed by atoms with Crippen molar-refractivity contribution in [1.29, 1.82) is 5.26 Å². The summed E-state index contributed by atoms with van der Waals surface area (Å²) in [5, 5.41) is 26.8. The Labute approximate surface area is 94.5 Å². The van der Waals surface area contributed by atoms with E-state index in [1.54, 1.807) is 0 Å². The Hall–Kier alpha value is -1.78. The summed E-state index contributed by atoms with van der Waals surface area (Å²) >= 11 is 0. The Kier molecular flexibility index (Phi) is 3.93. The molecule has 2 unspecified atom stereocenters. The van der Waals surface area contributed by atoms with Crippen molar-refractivity contribution in [1.82, 2.24) is 0 Å². The van der Waals surface area contributed by atoms with Crippen LogP contribution in [0.3, 0.4) is 0 Å². The van der Waals surface area contributed by atoms with Crippen LogP contribution in [-0.2, 0) is 0 Å². The molecule has 0 spiro atoms. The minimum absolute atomic E-state index is 0.0409. The third kappa shape index (κ3) is 3.94. The first-order valence-electron chi connectivity index (χ1n) is 4.45. The first-order valence-corrected chi connectivity index (χ1v) is 4.45. The molecule has 0 saturated carbocycles. The molecule has 2 N–H and O–H groups in total. The highest BCUT2D eigenvalue weighted by Crippen LogP contribution is 2.26. The Morgan fingerprint density at radius 1 is 1.29 bits per heavy atom. The van der Waals surface area contributed by atoms with Gasteiger partial charge in [-0.05, 0) is 17.7 Å². The molecule has 0 aliphatic carbocycles. The van der Waals surface area contributed by atoms with Gasteiger partial charge >= 0.3 is 6.36 Å². The van der Waals surface area contributed by atoms with Gasteiger partial charge in [0.05, 0.1) is 6.07 Å². The lowest BCUT2D eigenvalue weighted by Gasteiger charge is -2.14. The molecule has 0 heterocycles. The first-order chi connectivity index (χ1) is 7.83. The molecule has 0 aliphatic heterocycles. The van der Waals surface area contributed by atoms with Gasteiger partial charge in [-0.1, -0.05) is 12.1 Å². The molecular formula is C10H8F3NO3. The molecule has 1 aromatic carbocycles. The molecule has 92 valence electrons. The molecule has 4 nitrogen and oxygen atoms in total. The van der Waals surface area contributed by atoms with Gasteiger partial charge < -0.3 is 14.9 Å². The molecule has 1 aromatic rings. The standard InChI is InChI=1S/C10H8F3NO3/c11-10(12,13)17-7-3-1-2-6(4-7)9(16)8(15)5-14/h1-4,8-9,15-16H. The lowest BCUT2D eigenvalue weighted by molar-refractivity contribution is -0.274. The van der Waals surface area contributed by atoms with Gasteiger partial charge in [-0.25, -0.2) is 0 Å². The lowest BCUT2D eigenvalue weighted by atomic mass is 10.1. The topological polar surface area (TPSA) is 73.5 Å². The van der Waals surface area contributed by atoms with Crippen LogP contribution in [0.1, 0.15) is 11.7 Å². The molecule has 17 heavy (non-hydrogen) atoms. The van der Waals surface area contributed by atoms with Crippen LogP contribution < -0.4 is 4.74 Å². The van der Waals surface area contributed by atoms with E-state index in [1.165, 1.54) is 18.2 Å². The second-order valence-corrected chi connectivity index (χ2v) is 3.14. The third-order valence-electron chi connectivity index (χ3n) is 1.86. The summed E-state index contributed by atoms with van der Waals surface area (Å²) in [6.45, 7) is 0. The van der Waals surface area contributed by atoms with Crippen molar-refractivity contribution in [2.75, 3.05) is 0 Å². The third-order valence-corrected chi connectivity index (χ3v) is 1.86. The number of benzene rings is 1.